The van der Waals surface area contributed by atoms with Crippen LogP contribution in [0.4, 0.5) is 0 Å². The second-order valence-corrected chi connectivity index (χ2v) is 6.14. The SMILES string of the molecule is C=C[C@H]1CCCCCCCCCCCCC1C(=O)OC. The van der Waals surface area contributed by atoms with Gasteiger partial charge in [-0.3, -0.25) is 4.79 Å². The molecular formula is C18H32O2. The Morgan fingerprint density at radius 1 is 0.900 bits per heavy atom. The molecule has 0 aliphatic heterocycles. The van der Waals surface area contributed by atoms with E-state index in [-0.39, 0.29) is 11.9 Å². The number of hydrogen-bond acceptors (Lipinski definition) is 2. The minimum absolute atomic E-state index is 0.0282. The van der Waals surface area contributed by atoms with Crippen LogP contribution in [0.2, 0.25) is 0 Å². The number of ether oxygens (including phenoxy) is 1. The highest BCUT2D eigenvalue weighted by Crippen LogP contribution is 2.27. The molecule has 1 rings (SSSR count). The van der Waals surface area contributed by atoms with E-state index in [1.165, 1.54) is 64.9 Å². The van der Waals surface area contributed by atoms with Crippen molar-refractivity contribution in [1.29, 1.82) is 0 Å². The Hall–Kier alpha value is -0.790. The Bertz CT molecular complexity index is 273. The lowest BCUT2D eigenvalue weighted by Crippen LogP contribution is -2.24. The molecule has 20 heavy (non-hydrogen) atoms. The molecule has 2 nitrogen and oxygen atoms in total. The molecule has 0 N–H and O–H groups in total. The van der Waals surface area contributed by atoms with Crippen molar-refractivity contribution in [3.63, 3.8) is 0 Å². The van der Waals surface area contributed by atoms with Crippen molar-refractivity contribution < 1.29 is 9.53 Å². The standard InChI is InChI=1S/C18H32O2/c1-3-16-14-12-10-8-6-4-5-7-9-11-13-15-17(16)18(19)20-2/h3,16-17H,1,4-15H2,2H3/t16-,17?/m0/s1. The van der Waals surface area contributed by atoms with Crippen LogP contribution < -0.4 is 0 Å². The first-order valence-corrected chi connectivity index (χ1v) is 8.50. The zero-order valence-electron chi connectivity index (χ0n) is 13.2. The molecule has 0 amide bonds. The molecule has 0 bridgehead atoms. The predicted octanol–water partition coefficient (Wildman–Crippen LogP) is 5.27. The van der Waals surface area contributed by atoms with Crippen LogP contribution in [0.15, 0.2) is 12.7 Å². The highest BCUT2D eigenvalue weighted by atomic mass is 16.5. The summed E-state index contributed by atoms with van der Waals surface area (Å²) < 4.78 is 5.00. The van der Waals surface area contributed by atoms with Gasteiger partial charge in [0.25, 0.3) is 0 Å². The Kier molecular flexibility index (Phi) is 9.44. The summed E-state index contributed by atoms with van der Waals surface area (Å²) in [6, 6.07) is 0. The fourth-order valence-electron chi connectivity index (χ4n) is 3.30. The van der Waals surface area contributed by atoms with E-state index >= 15 is 0 Å². The van der Waals surface area contributed by atoms with Crippen molar-refractivity contribution >= 4 is 5.97 Å². The molecule has 0 aromatic carbocycles. The number of methoxy groups -OCH3 is 1. The number of allylic oxidation sites excluding steroid dienone is 1. The van der Waals surface area contributed by atoms with Crippen LogP contribution in [0.3, 0.4) is 0 Å². The highest BCUT2D eigenvalue weighted by molar-refractivity contribution is 5.72. The largest absolute Gasteiger partial charge is 0.469 e. The summed E-state index contributed by atoms with van der Waals surface area (Å²) in [5, 5.41) is 0. The van der Waals surface area contributed by atoms with Crippen LogP contribution in [0, 0.1) is 11.8 Å². The summed E-state index contributed by atoms with van der Waals surface area (Å²) in [4.78, 5) is 12.0. The number of hydrogen-bond donors (Lipinski definition) is 0. The van der Waals surface area contributed by atoms with Gasteiger partial charge in [-0.1, -0.05) is 70.3 Å². The van der Waals surface area contributed by atoms with Gasteiger partial charge in [0, 0.05) is 0 Å². The molecule has 0 radical (unpaired) electrons. The molecule has 1 saturated carbocycles. The van der Waals surface area contributed by atoms with Gasteiger partial charge in [-0.05, 0) is 18.8 Å². The topological polar surface area (TPSA) is 26.3 Å². The Morgan fingerprint density at radius 3 is 1.80 bits per heavy atom. The van der Waals surface area contributed by atoms with E-state index in [2.05, 4.69) is 6.58 Å². The summed E-state index contributed by atoms with van der Waals surface area (Å²) in [5.41, 5.74) is 0. The average Bonchev–Trinajstić information content (AvgIpc) is 2.48. The number of carbonyl (C=O) groups excluding carboxylic acids is 1. The molecule has 1 unspecified atom stereocenters. The molecule has 0 saturated heterocycles. The summed E-state index contributed by atoms with van der Waals surface area (Å²) in [6.45, 7) is 3.95. The van der Waals surface area contributed by atoms with Crippen LogP contribution in [0.5, 0.6) is 0 Å². The maximum absolute atomic E-state index is 12.0. The number of esters is 1. The Balaban J connectivity index is 2.56. The lowest BCUT2D eigenvalue weighted by Gasteiger charge is -2.22. The highest BCUT2D eigenvalue weighted by Gasteiger charge is 2.26. The van der Waals surface area contributed by atoms with E-state index in [9.17, 15) is 4.79 Å². The molecule has 2 heteroatoms. The first kappa shape index (κ1) is 17.3. The normalized spacial score (nSPS) is 27.2. The molecule has 1 fully saturated rings. The minimum atomic E-state index is -0.0398. The summed E-state index contributed by atoms with van der Waals surface area (Å²) >= 11 is 0. The smallest absolute Gasteiger partial charge is 0.309 e. The van der Waals surface area contributed by atoms with Crippen LogP contribution >= 0.6 is 0 Å². The Morgan fingerprint density at radius 2 is 1.35 bits per heavy atom. The molecule has 0 aromatic heterocycles. The van der Waals surface area contributed by atoms with Gasteiger partial charge < -0.3 is 4.74 Å². The third-order valence-corrected chi connectivity index (χ3v) is 4.63. The first-order chi connectivity index (χ1) is 9.79. The molecule has 1 aliphatic carbocycles. The molecule has 0 heterocycles. The van der Waals surface area contributed by atoms with Gasteiger partial charge in [0.2, 0.25) is 0 Å². The van der Waals surface area contributed by atoms with Gasteiger partial charge in [0.05, 0.1) is 13.0 Å². The van der Waals surface area contributed by atoms with Gasteiger partial charge in [-0.15, -0.1) is 6.58 Å². The van der Waals surface area contributed by atoms with Gasteiger partial charge in [-0.25, -0.2) is 0 Å². The zero-order chi connectivity index (χ0) is 14.6. The van der Waals surface area contributed by atoms with Crippen molar-refractivity contribution in [3.05, 3.63) is 12.7 Å². The van der Waals surface area contributed by atoms with Crippen LogP contribution in [-0.4, -0.2) is 13.1 Å². The summed E-state index contributed by atoms with van der Waals surface area (Å²) in [5.74, 6) is 0.285. The lowest BCUT2D eigenvalue weighted by atomic mass is 9.83. The number of carbonyl (C=O) groups is 1. The fourth-order valence-corrected chi connectivity index (χ4v) is 3.30. The summed E-state index contributed by atoms with van der Waals surface area (Å²) in [6.07, 6.45) is 17.1. The van der Waals surface area contributed by atoms with Crippen LogP contribution in [0.25, 0.3) is 0 Å². The second kappa shape index (κ2) is 10.9. The lowest BCUT2D eigenvalue weighted by molar-refractivity contribution is -0.147. The van der Waals surface area contributed by atoms with Crippen molar-refractivity contribution in [2.45, 2.75) is 77.0 Å². The molecular weight excluding hydrogens is 248 g/mol. The quantitative estimate of drug-likeness (QED) is 0.508. The fraction of sp³-hybridized carbons (Fsp3) is 0.833. The third kappa shape index (κ3) is 6.58. The average molecular weight is 280 g/mol. The maximum Gasteiger partial charge on any atom is 0.309 e. The predicted molar refractivity (Wildman–Crippen MR) is 84.6 cm³/mol. The molecule has 1 aliphatic rings. The van der Waals surface area contributed by atoms with Crippen LogP contribution in [0.1, 0.15) is 77.0 Å². The minimum Gasteiger partial charge on any atom is -0.469 e. The van der Waals surface area contributed by atoms with Gasteiger partial charge >= 0.3 is 5.97 Å². The van der Waals surface area contributed by atoms with E-state index in [1.807, 2.05) is 6.08 Å². The van der Waals surface area contributed by atoms with Crippen molar-refractivity contribution in [1.82, 2.24) is 0 Å². The van der Waals surface area contributed by atoms with E-state index < -0.39 is 0 Å². The van der Waals surface area contributed by atoms with Crippen molar-refractivity contribution in [3.8, 4) is 0 Å². The van der Waals surface area contributed by atoms with E-state index in [1.54, 1.807) is 0 Å². The maximum atomic E-state index is 12.0. The first-order valence-electron chi connectivity index (χ1n) is 8.50. The molecule has 0 aromatic rings. The van der Waals surface area contributed by atoms with E-state index in [0.29, 0.717) is 5.92 Å². The third-order valence-electron chi connectivity index (χ3n) is 4.63. The van der Waals surface area contributed by atoms with E-state index in [0.717, 1.165) is 19.3 Å². The monoisotopic (exact) mass is 280 g/mol. The zero-order valence-corrected chi connectivity index (χ0v) is 13.2. The van der Waals surface area contributed by atoms with Gasteiger partial charge in [-0.2, -0.15) is 0 Å². The molecule has 0 spiro atoms. The molecule has 116 valence electrons. The number of rotatable bonds is 2. The Labute approximate surface area is 125 Å². The second-order valence-electron chi connectivity index (χ2n) is 6.14. The van der Waals surface area contributed by atoms with Crippen molar-refractivity contribution in [2.24, 2.45) is 11.8 Å². The van der Waals surface area contributed by atoms with Gasteiger partial charge in [0.1, 0.15) is 0 Å². The van der Waals surface area contributed by atoms with Crippen molar-refractivity contribution in [2.75, 3.05) is 7.11 Å². The van der Waals surface area contributed by atoms with Gasteiger partial charge in [0.15, 0.2) is 0 Å². The molecule has 2 atom stereocenters. The van der Waals surface area contributed by atoms with Crippen LogP contribution in [-0.2, 0) is 9.53 Å². The van der Waals surface area contributed by atoms with E-state index in [4.69, 9.17) is 4.74 Å². The summed E-state index contributed by atoms with van der Waals surface area (Å²) in [7, 11) is 1.51.